The summed E-state index contributed by atoms with van der Waals surface area (Å²) in [6.45, 7) is 8.20. The van der Waals surface area contributed by atoms with Crippen molar-refractivity contribution < 1.29 is 18.9 Å². The highest BCUT2D eigenvalue weighted by atomic mass is 16.5. The quantitative estimate of drug-likeness (QED) is 0.0717. The molecule has 0 bridgehead atoms. The lowest BCUT2D eigenvalue weighted by Gasteiger charge is -2.32. The smallest absolute Gasteiger partial charge is 0.329 e. The zero-order chi connectivity index (χ0) is 44.3. The minimum Gasteiger partial charge on any atom is -0.383 e. The fourth-order valence-electron chi connectivity index (χ4n) is 9.29. The van der Waals surface area contributed by atoms with E-state index in [0.717, 1.165) is 98.1 Å². The van der Waals surface area contributed by atoms with Crippen LogP contribution >= 0.6 is 0 Å². The third kappa shape index (κ3) is 9.21. The molecule has 17 nitrogen and oxygen atoms in total. The Morgan fingerprint density at radius 2 is 1.69 bits per heavy atom. The number of fused-ring (bicyclic) bond motifs is 2. The molecule has 5 aromatic heterocycles. The molecule has 1 saturated carbocycles. The van der Waals surface area contributed by atoms with E-state index in [2.05, 4.69) is 54.0 Å². The normalized spacial score (nSPS) is 16.4. The maximum absolute atomic E-state index is 12.7. The van der Waals surface area contributed by atoms with E-state index in [9.17, 15) is 14.4 Å². The summed E-state index contributed by atoms with van der Waals surface area (Å²) >= 11 is 0. The first-order valence-electron chi connectivity index (χ1n) is 23.1. The van der Waals surface area contributed by atoms with Crippen LogP contribution in [0.4, 0.5) is 16.4 Å². The van der Waals surface area contributed by atoms with E-state index in [-0.39, 0.29) is 24.3 Å². The average Bonchev–Trinajstić information content (AvgIpc) is 3.79. The molecule has 4 amide bonds. The number of nitrogens with one attached hydrogen (secondary N) is 2. The van der Waals surface area contributed by atoms with E-state index in [0.29, 0.717) is 65.4 Å². The van der Waals surface area contributed by atoms with Gasteiger partial charge in [0.2, 0.25) is 11.8 Å². The number of unbranched alkanes of at least 4 members (excludes halogenated alkanes) is 6. The van der Waals surface area contributed by atoms with Crippen molar-refractivity contribution in [3.63, 3.8) is 0 Å². The number of imide groups is 1. The van der Waals surface area contributed by atoms with Crippen LogP contribution in [-0.4, -0.2) is 88.6 Å². The Balaban J connectivity index is 0.663. The molecule has 0 spiro atoms. The summed E-state index contributed by atoms with van der Waals surface area (Å²) in [5.74, 6) is 2.37. The van der Waals surface area contributed by atoms with Gasteiger partial charge in [-0.1, -0.05) is 49.4 Å². The van der Waals surface area contributed by atoms with Crippen LogP contribution in [0, 0.1) is 0 Å². The number of hydrogen-bond acceptors (Lipinski definition) is 12. The molecule has 9 rings (SSSR count). The predicted molar refractivity (Wildman–Crippen MR) is 244 cm³/mol. The minimum absolute atomic E-state index is 0.0511. The van der Waals surface area contributed by atoms with Crippen LogP contribution in [0.5, 0.6) is 0 Å². The van der Waals surface area contributed by atoms with Crippen LogP contribution in [0.25, 0.3) is 44.6 Å². The Kier molecular flexibility index (Phi) is 12.7. The molecular formula is C47H59N13O4. The number of urea groups is 1. The molecule has 3 aliphatic rings. The molecule has 17 heteroatoms. The summed E-state index contributed by atoms with van der Waals surface area (Å²) in [7, 11) is 1.91. The minimum atomic E-state index is -0.410. The number of rotatable bonds is 18. The second-order valence-electron chi connectivity index (χ2n) is 18.0. The third-order valence-corrected chi connectivity index (χ3v) is 13.1. The third-order valence-electron chi connectivity index (χ3n) is 13.1. The number of carbonyl (C=O) groups excluding carboxylic acids is 3. The largest absolute Gasteiger partial charge is 0.383 e. The molecule has 0 radical (unpaired) electrons. The van der Waals surface area contributed by atoms with E-state index >= 15 is 0 Å². The number of piperidine rings is 1. The fourth-order valence-corrected chi connectivity index (χ4v) is 9.29. The van der Waals surface area contributed by atoms with Gasteiger partial charge in [0.05, 0.1) is 22.2 Å². The second-order valence-corrected chi connectivity index (χ2v) is 18.0. The second kappa shape index (κ2) is 18.9. The van der Waals surface area contributed by atoms with Gasteiger partial charge in [-0.25, -0.2) is 19.4 Å². The van der Waals surface area contributed by atoms with Gasteiger partial charge < -0.3 is 20.5 Å². The van der Waals surface area contributed by atoms with E-state index < -0.39 is 6.03 Å². The summed E-state index contributed by atoms with van der Waals surface area (Å²) in [4.78, 5) is 54.5. The number of likely N-dealkylation sites (tertiary alicyclic amines) is 1. The Hall–Kier alpha value is -6.23. The SMILES string of the molecule is CC(C)n1nc(-c2noc(C3CC3)c2-c2ccc(CNC(=O)CCCCCCCCCN3CCC(c4ccc5c(N6CCC(=O)NC6=O)nn(C)c5c4)CC3)cn2)c2c(N)ncnc21. The maximum atomic E-state index is 12.7. The van der Waals surface area contributed by atoms with Gasteiger partial charge in [0, 0.05) is 56.5 Å². The average molecular weight is 870 g/mol. The molecule has 0 atom stereocenters. The number of hydrogen-bond donors (Lipinski definition) is 3. The van der Waals surface area contributed by atoms with Crippen LogP contribution in [-0.2, 0) is 23.2 Å². The summed E-state index contributed by atoms with van der Waals surface area (Å²) in [6.07, 6.45) is 16.4. The molecule has 64 heavy (non-hydrogen) atoms. The monoisotopic (exact) mass is 869 g/mol. The molecular weight excluding hydrogens is 811 g/mol. The first-order chi connectivity index (χ1) is 31.1. The number of nitrogens with two attached hydrogens (primary N) is 1. The van der Waals surface area contributed by atoms with Gasteiger partial charge in [-0.15, -0.1) is 0 Å². The molecule has 2 aliphatic heterocycles. The summed E-state index contributed by atoms with van der Waals surface area (Å²) < 4.78 is 9.62. The zero-order valence-corrected chi connectivity index (χ0v) is 37.2. The van der Waals surface area contributed by atoms with Crippen molar-refractivity contribution in [3.05, 3.63) is 59.7 Å². The van der Waals surface area contributed by atoms with Crippen molar-refractivity contribution >= 4 is 51.4 Å². The molecule has 336 valence electrons. The molecule has 1 aromatic carbocycles. The van der Waals surface area contributed by atoms with Crippen molar-refractivity contribution in [2.75, 3.05) is 36.8 Å². The van der Waals surface area contributed by atoms with Crippen molar-refractivity contribution in [2.45, 2.75) is 122 Å². The maximum Gasteiger partial charge on any atom is 0.329 e. The Labute approximate surface area is 372 Å². The van der Waals surface area contributed by atoms with Crippen molar-refractivity contribution in [1.82, 2.24) is 55.2 Å². The molecule has 7 heterocycles. The molecule has 3 fully saturated rings. The first kappa shape index (κ1) is 43.0. The summed E-state index contributed by atoms with van der Waals surface area (Å²) in [5, 5.41) is 21.1. The van der Waals surface area contributed by atoms with Gasteiger partial charge >= 0.3 is 6.03 Å². The van der Waals surface area contributed by atoms with Crippen LogP contribution in [0.15, 0.2) is 47.4 Å². The lowest BCUT2D eigenvalue weighted by molar-refractivity contribution is -0.121. The van der Waals surface area contributed by atoms with Crippen LogP contribution < -0.4 is 21.3 Å². The van der Waals surface area contributed by atoms with Gasteiger partial charge in [-0.2, -0.15) is 10.2 Å². The van der Waals surface area contributed by atoms with Gasteiger partial charge in [-0.3, -0.25) is 29.5 Å². The van der Waals surface area contributed by atoms with Gasteiger partial charge in [-0.05, 0) is 107 Å². The van der Waals surface area contributed by atoms with E-state index in [1.807, 2.05) is 42.4 Å². The number of nitrogens with zero attached hydrogens (tertiary/aromatic N) is 10. The van der Waals surface area contributed by atoms with Gasteiger partial charge in [0.1, 0.15) is 29.3 Å². The summed E-state index contributed by atoms with van der Waals surface area (Å²) in [6, 6.07) is 10.1. The molecule has 6 aromatic rings. The predicted octanol–water partition coefficient (Wildman–Crippen LogP) is 7.53. The zero-order valence-electron chi connectivity index (χ0n) is 37.2. The first-order valence-corrected chi connectivity index (χ1v) is 23.1. The number of amides is 4. The van der Waals surface area contributed by atoms with E-state index in [1.165, 1.54) is 37.6 Å². The van der Waals surface area contributed by atoms with Crippen LogP contribution in [0.1, 0.15) is 132 Å². The van der Waals surface area contributed by atoms with Crippen LogP contribution in [0.3, 0.4) is 0 Å². The van der Waals surface area contributed by atoms with Crippen molar-refractivity contribution in [1.29, 1.82) is 0 Å². The highest BCUT2D eigenvalue weighted by molar-refractivity contribution is 6.09. The van der Waals surface area contributed by atoms with Gasteiger partial charge in [0.25, 0.3) is 0 Å². The van der Waals surface area contributed by atoms with Crippen molar-refractivity contribution in [2.24, 2.45) is 7.05 Å². The number of nitrogen functional groups attached to an aromatic ring is 1. The number of pyridine rings is 1. The number of carbonyl (C=O) groups is 3. The molecule has 1 aliphatic carbocycles. The topological polar surface area (TPSA) is 208 Å². The number of aromatic nitrogens is 8. The molecule has 4 N–H and O–H groups in total. The Bertz CT molecular complexity index is 2640. The van der Waals surface area contributed by atoms with Crippen LogP contribution in [0.2, 0.25) is 0 Å². The lowest BCUT2D eigenvalue weighted by Crippen LogP contribution is -2.49. The number of benzene rings is 1. The Morgan fingerprint density at radius 1 is 0.906 bits per heavy atom. The van der Waals surface area contributed by atoms with E-state index in [1.54, 1.807) is 11.1 Å². The molecule has 2 saturated heterocycles. The fraction of sp³-hybridized carbons (Fsp3) is 0.511. The van der Waals surface area contributed by atoms with Gasteiger partial charge in [0.15, 0.2) is 11.5 Å². The van der Waals surface area contributed by atoms with E-state index in [4.69, 9.17) is 20.3 Å². The highest BCUT2D eigenvalue weighted by Crippen LogP contribution is 2.48. The number of aryl methyl sites for hydroxylation is 1. The standard InChI is InChI=1S/C47H59N13O4/c1-29(2)60-46-40(44(48)51-28-52-46)41(54-60)42-39(43(64-56-42)32-13-14-32)35-17-12-30(26-49-35)27-50-37(61)11-9-7-5-4-6-8-10-21-58-22-18-31(19-23-58)33-15-16-34-36(25-33)57(3)55-45(34)59-24-20-38(62)53-47(59)63/h12,15-17,25-26,28-29,31-32H,4-11,13-14,18-24,27H2,1-3H3,(H,50,61)(H2,48,51,52)(H,53,62,63). The Morgan fingerprint density at radius 3 is 2.42 bits per heavy atom. The highest BCUT2D eigenvalue weighted by Gasteiger charge is 2.36. The number of anilines is 2. The molecule has 0 unspecified atom stereocenters. The van der Waals surface area contributed by atoms with Crippen molar-refractivity contribution in [3.8, 4) is 22.6 Å². The summed E-state index contributed by atoms with van der Waals surface area (Å²) in [5.41, 5.74) is 13.0. The lowest BCUT2D eigenvalue weighted by atomic mass is 9.89.